The van der Waals surface area contributed by atoms with Crippen LogP contribution in [0.3, 0.4) is 0 Å². The van der Waals surface area contributed by atoms with Crippen molar-refractivity contribution in [2.45, 2.75) is 6.61 Å². The topological polar surface area (TPSA) is 73.1 Å². The third kappa shape index (κ3) is 5.87. The Balaban J connectivity index is 1.44. The minimum atomic E-state index is -0.442. The summed E-state index contributed by atoms with van der Waals surface area (Å²) in [6.45, 7) is 0.376. The van der Waals surface area contributed by atoms with Crippen molar-refractivity contribution in [3.63, 3.8) is 0 Å². The van der Waals surface area contributed by atoms with Crippen molar-refractivity contribution in [2.75, 3.05) is 7.11 Å². The number of hydrogen-bond acceptors (Lipinski definition) is 5. The standard InChI is InChI=1S/C24H17BrClIN2O4/c1-31-21-9-15(8-19(27)23(21)32-13-14-2-5-18(26)6-3-14)12-28-29-24(30)22-11-16-10-17(25)4-7-20(16)33-22/h2-12H,13H2,1H3,(H,29,30)/b28-12-. The number of carbonyl (C=O) groups excluding carboxylic acids is 1. The molecule has 1 heterocycles. The quantitative estimate of drug-likeness (QED) is 0.137. The molecular weight excluding hydrogens is 623 g/mol. The van der Waals surface area contributed by atoms with Crippen LogP contribution in [0.1, 0.15) is 21.7 Å². The molecule has 0 radical (unpaired) electrons. The second-order valence-electron chi connectivity index (χ2n) is 6.94. The van der Waals surface area contributed by atoms with Gasteiger partial charge >= 0.3 is 5.91 Å². The fourth-order valence-corrected chi connectivity index (χ4v) is 4.32. The molecule has 0 aliphatic carbocycles. The second kappa shape index (κ2) is 10.6. The highest BCUT2D eigenvalue weighted by molar-refractivity contribution is 14.1. The predicted octanol–water partition coefficient (Wildman–Crippen LogP) is 6.80. The highest BCUT2D eigenvalue weighted by Crippen LogP contribution is 2.34. The summed E-state index contributed by atoms with van der Waals surface area (Å²) in [5.41, 5.74) is 4.84. The smallest absolute Gasteiger partial charge is 0.307 e. The number of benzene rings is 3. The number of fused-ring (bicyclic) bond motifs is 1. The number of rotatable bonds is 7. The Morgan fingerprint density at radius 3 is 2.73 bits per heavy atom. The third-order valence-corrected chi connectivity index (χ3v) is 6.18. The summed E-state index contributed by atoms with van der Waals surface area (Å²) in [5.74, 6) is 0.927. The lowest BCUT2D eigenvalue weighted by Gasteiger charge is -2.13. The molecule has 6 nitrogen and oxygen atoms in total. The van der Waals surface area contributed by atoms with Crippen LogP contribution < -0.4 is 14.9 Å². The van der Waals surface area contributed by atoms with E-state index in [1.54, 1.807) is 25.3 Å². The highest BCUT2D eigenvalue weighted by atomic mass is 127. The van der Waals surface area contributed by atoms with Crippen molar-refractivity contribution in [1.82, 2.24) is 5.43 Å². The molecule has 0 fully saturated rings. The first-order valence-corrected chi connectivity index (χ1v) is 11.9. The molecule has 9 heteroatoms. The van der Waals surface area contributed by atoms with E-state index in [4.69, 9.17) is 25.5 Å². The number of ether oxygens (including phenoxy) is 2. The van der Waals surface area contributed by atoms with Crippen LogP contribution in [0.15, 0.2) is 74.7 Å². The summed E-state index contributed by atoms with van der Waals surface area (Å²) >= 11 is 11.5. The Morgan fingerprint density at radius 2 is 1.97 bits per heavy atom. The molecule has 33 heavy (non-hydrogen) atoms. The van der Waals surface area contributed by atoms with Gasteiger partial charge in [-0.2, -0.15) is 5.10 Å². The van der Waals surface area contributed by atoms with E-state index in [-0.39, 0.29) is 5.76 Å². The number of halogens is 3. The molecule has 0 aliphatic rings. The normalized spacial score (nSPS) is 11.2. The number of amides is 1. The molecule has 0 bridgehead atoms. The molecule has 0 saturated heterocycles. The fraction of sp³-hybridized carbons (Fsp3) is 0.0833. The van der Waals surface area contributed by atoms with Crippen LogP contribution in [0.2, 0.25) is 5.02 Å². The van der Waals surface area contributed by atoms with Crippen LogP contribution in [0, 0.1) is 3.57 Å². The number of carbonyl (C=O) groups is 1. The Kier molecular flexibility index (Phi) is 7.56. The number of nitrogens with zero attached hydrogens (tertiary/aromatic N) is 1. The molecule has 0 atom stereocenters. The highest BCUT2D eigenvalue weighted by Gasteiger charge is 2.13. The predicted molar refractivity (Wildman–Crippen MR) is 140 cm³/mol. The third-order valence-electron chi connectivity index (χ3n) is 4.63. The van der Waals surface area contributed by atoms with Gasteiger partial charge in [-0.1, -0.05) is 39.7 Å². The zero-order chi connectivity index (χ0) is 23.4. The SMILES string of the molecule is COc1cc(/C=N\NC(=O)c2cc3cc(Br)ccc3o2)cc(I)c1OCc1ccc(Cl)cc1. The lowest BCUT2D eigenvalue weighted by molar-refractivity contribution is 0.0929. The number of hydrazone groups is 1. The van der Waals surface area contributed by atoms with E-state index >= 15 is 0 Å². The molecule has 1 amide bonds. The van der Waals surface area contributed by atoms with Crippen LogP contribution >= 0.6 is 50.1 Å². The van der Waals surface area contributed by atoms with Gasteiger partial charge in [-0.15, -0.1) is 0 Å². The minimum absolute atomic E-state index is 0.179. The van der Waals surface area contributed by atoms with Crippen molar-refractivity contribution < 1.29 is 18.7 Å². The first kappa shape index (κ1) is 23.6. The second-order valence-corrected chi connectivity index (χ2v) is 9.46. The Bertz CT molecular complexity index is 1340. The zero-order valence-electron chi connectivity index (χ0n) is 17.3. The Hall–Kier alpha value is -2.56. The van der Waals surface area contributed by atoms with Crippen molar-refractivity contribution >= 4 is 73.2 Å². The molecular formula is C24H17BrClIN2O4. The van der Waals surface area contributed by atoms with Gasteiger partial charge in [0.05, 0.1) is 16.9 Å². The molecule has 1 N–H and O–H groups in total. The van der Waals surface area contributed by atoms with Gasteiger partial charge in [0, 0.05) is 14.9 Å². The lowest BCUT2D eigenvalue weighted by atomic mass is 10.2. The first-order valence-electron chi connectivity index (χ1n) is 9.70. The Morgan fingerprint density at radius 1 is 1.18 bits per heavy atom. The van der Waals surface area contributed by atoms with Gasteiger partial charge < -0.3 is 13.9 Å². The maximum atomic E-state index is 12.4. The molecule has 4 aromatic rings. The van der Waals surface area contributed by atoms with Crippen molar-refractivity contribution in [3.05, 3.63) is 90.6 Å². The summed E-state index contributed by atoms with van der Waals surface area (Å²) in [4.78, 5) is 12.4. The summed E-state index contributed by atoms with van der Waals surface area (Å²) in [6.07, 6.45) is 1.53. The van der Waals surface area contributed by atoms with Gasteiger partial charge in [0.15, 0.2) is 17.3 Å². The number of furan rings is 1. The summed E-state index contributed by atoms with van der Waals surface area (Å²) in [5, 5.41) is 5.55. The number of nitrogens with one attached hydrogen (secondary N) is 1. The van der Waals surface area contributed by atoms with E-state index in [9.17, 15) is 4.79 Å². The Labute approximate surface area is 217 Å². The average Bonchev–Trinajstić information content (AvgIpc) is 3.22. The molecule has 3 aromatic carbocycles. The van der Waals surface area contributed by atoms with Crippen molar-refractivity contribution in [3.8, 4) is 11.5 Å². The van der Waals surface area contributed by atoms with E-state index in [1.165, 1.54) is 6.21 Å². The van der Waals surface area contributed by atoms with Crippen LogP contribution in [0.5, 0.6) is 11.5 Å². The lowest BCUT2D eigenvalue weighted by Crippen LogP contribution is -2.16. The minimum Gasteiger partial charge on any atom is -0.493 e. The molecule has 0 aliphatic heterocycles. The van der Waals surface area contributed by atoms with E-state index in [1.807, 2.05) is 42.5 Å². The van der Waals surface area contributed by atoms with Gasteiger partial charge in [-0.3, -0.25) is 4.79 Å². The van der Waals surface area contributed by atoms with E-state index in [2.05, 4.69) is 49.0 Å². The monoisotopic (exact) mass is 638 g/mol. The fourth-order valence-electron chi connectivity index (χ4n) is 3.04. The van der Waals surface area contributed by atoms with Crippen LogP contribution in [0.25, 0.3) is 11.0 Å². The van der Waals surface area contributed by atoms with Gasteiger partial charge in [-0.25, -0.2) is 5.43 Å². The van der Waals surface area contributed by atoms with E-state index in [0.29, 0.717) is 28.7 Å². The summed E-state index contributed by atoms with van der Waals surface area (Å²) < 4.78 is 18.8. The number of hydrogen-bond donors (Lipinski definition) is 1. The van der Waals surface area contributed by atoms with Crippen molar-refractivity contribution in [2.24, 2.45) is 5.10 Å². The summed E-state index contributed by atoms with van der Waals surface area (Å²) in [6, 6.07) is 18.3. The van der Waals surface area contributed by atoms with Crippen LogP contribution in [-0.4, -0.2) is 19.2 Å². The average molecular weight is 640 g/mol. The molecule has 1 aromatic heterocycles. The van der Waals surface area contributed by atoms with Crippen molar-refractivity contribution in [1.29, 1.82) is 0 Å². The largest absolute Gasteiger partial charge is 0.493 e. The first-order chi connectivity index (χ1) is 15.9. The molecule has 0 saturated carbocycles. The number of methoxy groups -OCH3 is 1. The van der Waals surface area contributed by atoms with E-state index < -0.39 is 5.91 Å². The van der Waals surface area contributed by atoms with Gasteiger partial charge in [0.2, 0.25) is 0 Å². The molecule has 0 unspecified atom stereocenters. The summed E-state index contributed by atoms with van der Waals surface area (Å²) in [7, 11) is 1.57. The van der Waals surface area contributed by atoms with E-state index in [0.717, 1.165) is 24.6 Å². The zero-order valence-corrected chi connectivity index (χ0v) is 21.8. The van der Waals surface area contributed by atoms with Gasteiger partial charge in [0.25, 0.3) is 0 Å². The molecule has 4 rings (SSSR count). The van der Waals surface area contributed by atoms with Crippen LogP contribution in [-0.2, 0) is 6.61 Å². The molecule has 168 valence electrons. The van der Waals surface area contributed by atoms with Crippen LogP contribution in [0.4, 0.5) is 0 Å². The molecule has 0 spiro atoms. The van der Waals surface area contributed by atoms with Gasteiger partial charge in [0.1, 0.15) is 12.2 Å². The van der Waals surface area contributed by atoms with Gasteiger partial charge in [-0.05, 0) is 82.2 Å². The maximum Gasteiger partial charge on any atom is 0.307 e. The maximum absolute atomic E-state index is 12.4.